The molecule has 232 valence electrons. The third kappa shape index (κ3) is 6.99. The number of morpholine rings is 1. The average molecular weight is 593 g/mol. The highest BCUT2D eigenvalue weighted by Crippen LogP contribution is 2.42. The number of hydrogen-bond acceptors (Lipinski definition) is 7. The van der Waals surface area contributed by atoms with E-state index in [0.29, 0.717) is 61.1 Å². The summed E-state index contributed by atoms with van der Waals surface area (Å²) in [6, 6.07) is 9.92. The SMILES string of the molecule is CCOc1cc(C2/C(=C(\[O-])c3ccc4c(c3)CC(C)O4)C(=O)C(=O)N2CCC[NH+]2CCOCC2)ccc1OCCC(C)C. The molecule has 2 fully saturated rings. The molecule has 3 heterocycles. The van der Waals surface area contributed by atoms with Crippen LogP contribution in [0.2, 0.25) is 0 Å². The Kier molecular flexibility index (Phi) is 9.93. The lowest BCUT2D eigenvalue weighted by molar-refractivity contribution is -0.908. The number of hydrogen-bond donors (Lipinski definition) is 1. The highest BCUT2D eigenvalue weighted by molar-refractivity contribution is 6.46. The first-order valence-corrected chi connectivity index (χ1v) is 15.6. The maximum Gasteiger partial charge on any atom is 0.295 e. The zero-order valence-corrected chi connectivity index (χ0v) is 25.8. The van der Waals surface area contributed by atoms with Gasteiger partial charge in [0.15, 0.2) is 11.5 Å². The van der Waals surface area contributed by atoms with Crippen LogP contribution in [0.25, 0.3) is 5.76 Å². The molecule has 2 unspecified atom stereocenters. The van der Waals surface area contributed by atoms with Crippen molar-refractivity contribution in [3.63, 3.8) is 0 Å². The van der Waals surface area contributed by atoms with E-state index in [1.807, 2.05) is 32.0 Å². The molecule has 0 aromatic heterocycles. The smallest absolute Gasteiger partial charge is 0.295 e. The number of likely N-dealkylation sites (tertiary alicyclic amines) is 1. The van der Waals surface area contributed by atoms with Crippen LogP contribution < -0.4 is 24.2 Å². The Morgan fingerprint density at radius 3 is 2.63 bits per heavy atom. The second-order valence-electron chi connectivity index (χ2n) is 12.1. The molecule has 43 heavy (non-hydrogen) atoms. The van der Waals surface area contributed by atoms with Crippen LogP contribution >= 0.6 is 0 Å². The fourth-order valence-corrected chi connectivity index (χ4v) is 6.06. The number of amides is 1. The lowest BCUT2D eigenvalue weighted by Gasteiger charge is -2.29. The first-order chi connectivity index (χ1) is 20.8. The van der Waals surface area contributed by atoms with Crippen LogP contribution in [0.3, 0.4) is 0 Å². The predicted molar refractivity (Wildman–Crippen MR) is 160 cm³/mol. The van der Waals surface area contributed by atoms with Gasteiger partial charge in [0.1, 0.15) is 24.9 Å². The van der Waals surface area contributed by atoms with E-state index in [9.17, 15) is 14.7 Å². The molecule has 9 heteroatoms. The summed E-state index contributed by atoms with van der Waals surface area (Å²) >= 11 is 0. The fourth-order valence-electron chi connectivity index (χ4n) is 6.06. The standard InChI is InChI=1S/C34H44N2O7/c1-5-41-29-21-24(7-10-28(29)42-16-11-22(2)3)31-30(32(37)25-8-9-27-26(20-25)19-23(4)43-27)33(38)34(39)36(31)13-6-12-35-14-17-40-18-15-35/h7-10,20-23,31,37H,5-6,11-19H2,1-4H3/b32-30+. The first kappa shape index (κ1) is 30.9. The molecule has 1 N–H and O–H groups in total. The highest BCUT2D eigenvalue weighted by Gasteiger charge is 2.44. The number of carbonyl (C=O) groups is 2. The number of nitrogens with zero attached hydrogens (tertiary/aromatic N) is 1. The zero-order valence-electron chi connectivity index (χ0n) is 25.8. The van der Waals surface area contributed by atoms with Gasteiger partial charge in [0.2, 0.25) is 5.78 Å². The molecule has 2 atom stereocenters. The van der Waals surface area contributed by atoms with E-state index in [4.69, 9.17) is 18.9 Å². The fraction of sp³-hybridized carbons (Fsp3) is 0.529. The van der Waals surface area contributed by atoms with E-state index >= 15 is 0 Å². The molecule has 5 rings (SSSR count). The monoisotopic (exact) mass is 592 g/mol. The van der Waals surface area contributed by atoms with Crippen molar-refractivity contribution in [1.82, 2.24) is 4.90 Å². The predicted octanol–water partition coefficient (Wildman–Crippen LogP) is 2.36. The maximum atomic E-state index is 14.1. The molecule has 0 saturated carbocycles. The first-order valence-electron chi connectivity index (χ1n) is 15.6. The number of benzene rings is 2. The molecule has 3 aliphatic heterocycles. The van der Waals surface area contributed by atoms with Gasteiger partial charge in [-0.2, -0.15) is 0 Å². The maximum absolute atomic E-state index is 14.1. The lowest BCUT2D eigenvalue weighted by Crippen LogP contribution is -3.14. The summed E-state index contributed by atoms with van der Waals surface area (Å²) in [6.07, 6.45) is 2.32. The topological polar surface area (TPSA) is 102 Å². The van der Waals surface area contributed by atoms with E-state index in [1.165, 1.54) is 4.90 Å². The normalized spacial score (nSPS) is 21.7. The van der Waals surface area contributed by atoms with Crippen LogP contribution in [-0.4, -0.2) is 75.3 Å². The molecule has 3 aliphatic rings. The molecule has 2 aromatic carbocycles. The molecule has 9 nitrogen and oxygen atoms in total. The Morgan fingerprint density at radius 2 is 1.88 bits per heavy atom. The minimum Gasteiger partial charge on any atom is -0.872 e. The van der Waals surface area contributed by atoms with Gasteiger partial charge in [0.05, 0.1) is 39.0 Å². The van der Waals surface area contributed by atoms with Crippen LogP contribution in [0.1, 0.15) is 63.3 Å². The number of quaternary nitrogens is 1. The number of carbonyl (C=O) groups excluding carboxylic acids is 2. The number of Topliss-reactive ketones (excluding diaryl/α,β-unsaturated/α-hetero) is 1. The van der Waals surface area contributed by atoms with Crippen LogP contribution in [0.4, 0.5) is 0 Å². The van der Waals surface area contributed by atoms with Crippen molar-refractivity contribution in [2.24, 2.45) is 5.92 Å². The highest BCUT2D eigenvalue weighted by atomic mass is 16.5. The van der Waals surface area contributed by atoms with E-state index in [1.54, 1.807) is 23.1 Å². The molecule has 1 amide bonds. The molecular weight excluding hydrogens is 548 g/mol. The third-order valence-corrected chi connectivity index (χ3v) is 8.35. The molecule has 2 saturated heterocycles. The van der Waals surface area contributed by atoms with Crippen LogP contribution in [0, 0.1) is 5.92 Å². The third-order valence-electron chi connectivity index (χ3n) is 8.35. The van der Waals surface area contributed by atoms with Crippen molar-refractivity contribution >= 4 is 17.4 Å². The van der Waals surface area contributed by atoms with Crippen LogP contribution in [-0.2, 0) is 20.7 Å². The van der Waals surface area contributed by atoms with Gasteiger partial charge >= 0.3 is 0 Å². The summed E-state index contributed by atoms with van der Waals surface area (Å²) in [5.74, 6) is 0.570. The van der Waals surface area contributed by atoms with Crippen molar-refractivity contribution in [1.29, 1.82) is 0 Å². The summed E-state index contributed by atoms with van der Waals surface area (Å²) in [4.78, 5) is 30.1. The Balaban J connectivity index is 1.50. The van der Waals surface area contributed by atoms with Gasteiger partial charge in [-0.05, 0) is 67.1 Å². The Morgan fingerprint density at radius 1 is 1.09 bits per heavy atom. The number of nitrogens with one attached hydrogen (secondary N) is 1. The van der Waals surface area contributed by atoms with Crippen molar-refractivity contribution in [3.8, 4) is 17.2 Å². The molecule has 0 aliphatic carbocycles. The van der Waals surface area contributed by atoms with Crippen molar-refractivity contribution in [2.45, 2.75) is 59.1 Å². The zero-order chi connectivity index (χ0) is 30.5. The van der Waals surface area contributed by atoms with Crippen molar-refractivity contribution in [3.05, 3.63) is 58.7 Å². The minimum absolute atomic E-state index is 0.0217. The summed E-state index contributed by atoms with van der Waals surface area (Å²) in [5.41, 5.74) is 1.95. The van der Waals surface area contributed by atoms with Gasteiger partial charge in [0, 0.05) is 25.0 Å². The number of ketones is 1. The number of rotatable bonds is 12. The number of fused-ring (bicyclic) bond motifs is 1. The van der Waals surface area contributed by atoms with Gasteiger partial charge in [0.25, 0.3) is 5.91 Å². The minimum atomic E-state index is -0.820. The van der Waals surface area contributed by atoms with E-state index in [2.05, 4.69) is 13.8 Å². The number of ether oxygens (including phenoxy) is 4. The van der Waals surface area contributed by atoms with E-state index < -0.39 is 23.5 Å². The quantitative estimate of drug-likeness (QED) is 0.229. The van der Waals surface area contributed by atoms with Gasteiger partial charge in [-0.25, -0.2) is 0 Å². The van der Waals surface area contributed by atoms with Crippen LogP contribution in [0.5, 0.6) is 17.2 Å². The molecule has 0 radical (unpaired) electrons. The second-order valence-corrected chi connectivity index (χ2v) is 12.1. The van der Waals surface area contributed by atoms with Gasteiger partial charge in [-0.3, -0.25) is 9.59 Å². The Hall–Kier alpha value is -3.56. The van der Waals surface area contributed by atoms with Crippen LogP contribution in [0.15, 0.2) is 42.0 Å². The lowest BCUT2D eigenvalue weighted by atomic mass is 9.94. The second kappa shape index (κ2) is 13.8. The largest absolute Gasteiger partial charge is 0.872 e. The van der Waals surface area contributed by atoms with Crippen molar-refractivity contribution < 1.29 is 38.5 Å². The van der Waals surface area contributed by atoms with E-state index in [0.717, 1.165) is 50.6 Å². The summed E-state index contributed by atoms with van der Waals surface area (Å²) in [5, 5.41) is 14.1. The van der Waals surface area contributed by atoms with E-state index in [-0.39, 0.29) is 11.7 Å². The summed E-state index contributed by atoms with van der Waals surface area (Å²) < 4.78 is 23.3. The average Bonchev–Trinajstić information content (AvgIpc) is 3.49. The summed E-state index contributed by atoms with van der Waals surface area (Å²) in [7, 11) is 0. The molecule has 2 aromatic rings. The molecular formula is C34H44N2O7. The van der Waals surface area contributed by atoms with Gasteiger partial charge < -0.3 is 33.9 Å². The Bertz CT molecular complexity index is 1350. The Labute approximate surface area is 254 Å². The van der Waals surface area contributed by atoms with Crippen molar-refractivity contribution in [2.75, 3.05) is 52.6 Å². The van der Waals surface area contributed by atoms with Gasteiger partial charge in [-0.1, -0.05) is 31.7 Å². The molecule has 0 bridgehead atoms. The molecule has 0 spiro atoms. The summed E-state index contributed by atoms with van der Waals surface area (Å²) in [6.45, 7) is 13.6. The van der Waals surface area contributed by atoms with Gasteiger partial charge in [-0.15, -0.1) is 0 Å².